The van der Waals surface area contributed by atoms with Crippen molar-refractivity contribution in [3.63, 3.8) is 0 Å². The highest BCUT2D eigenvalue weighted by Crippen LogP contribution is 2.39. The molecule has 7 nitrogen and oxygen atoms in total. The number of rotatable bonds is 5. The molecular formula is C14H15N3O4. The van der Waals surface area contributed by atoms with Crippen LogP contribution < -0.4 is 19.9 Å². The average Bonchev–Trinajstić information content (AvgIpc) is 2.54. The minimum Gasteiger partial charge on any atom is -0.493 e. The van der Waals surface area contributed by atoms with Crippen LogP contribution in [-0.2, 0) is 0 Å². The van der Waals surface area contributed by atoms with Crippen molar-refractivity contribution in [2.24, 2.45) is 10.9 Å². The largest absolute Gasteiger partial charge is 0.493 e. The molecule has 0 saturated carbocycles. The van der Waals surface area contributed by atoms with Crippen molar-refractivity contribution in [2.45, 2.75) is 0 Å². The van der Waals surface area contributed by atoms with Gasteiger partial charge in [-0.1, -0.05) is 17.3 Å². The number of methoxy groups -OCH3 is 2. The van der Waals surface area contributed by atoms with Gasteiger partial charge in [-0.25, -0.2) is 4.98 Å². The molecular weight excluding hydrogens is 274 g/mol. The van der Waals surface area contributed by atoms with E-state index in [1.54, 1.807) is 36.4 Å². The molecule has 2 rings (SSSR count). The highest BCUT2D eigenvalue weighted by molar-refractivity contribution is 5.95. The van der Waals surface area contributed by atoms with E-state index in [-0.39, 0.29) is 11.7 Å². The quantitative estimate of drug-likeness (QED) is 0.378. The lowest BCUT2D eigenvalue weighted by Gasteiger charge is -2.13. The molecule has 0 aliphatic carbocycles. The van der Waals surface area contributed by atoms with Crippen molar-refractivity contribution in [2.75, 3.05) is 14.2 Å². The van der Waals surface area contributed by atoms with E-state index in [0.717, 1.165) is 0 Å². The highest BCUT2D eigenvalue weighted by atomic mass is 16.5. The summed E-state index contributed by atoms with van der Waals surface area (Å²) in [7, 11) is 3.06. The SMILES string of the molecule is COc1cccc(OC)c1Oc1cccc(C(N)=NO)n1. The zero-order valence-corrected chi connectivity index (χ0v) is 11.6. The summed E-state index contributed by atoms with van der Waals surface area (Å²) in [4.78, 5) is 4.14. The fraction of sp³-hybridized carbons (Fsp3) is 0.143. The third kappa shape index (κ3) is 3.14. The molecule has 0 radical (unpaired) electrons. The van der Waals surface area contributed by atoms with Crippen LogP contribution in [0.4, 0.5) is 0 Å². The number of ether oxygens (including phenoxy) is 3. The Morgan fingerprint density at radius 3 is 2.29 bits per heavy atom. The van der Waals surface area contributed by atoms with Gasteiger partial charge >= 0.3 is 0 Å². The van der Waals surface area contributed by atoms with E-state index in [0.29, 0.717) is 22.9 Å². The minimum absolute atomic E-state index is 0.104. The molecule has 1 aromatic heterocycles. The molecule has 0 unspecified atom stereocenters. The maximum atomic E-state index is 8.68. The van der Waals surface area contributed by atoms with Crippen molar-refractivity contribution in [3.05, 3.63) is 42.1 Å². The van der Waals surface area contributed by atoms with Gasteiger partial charge < -0.3 is 25.2 Å². The fourth-order valence-electron chi connectivity index (χ4n) is 1.69. The predicted molar refractivity (Wildman–Crippen MR) is 76.4 cm³/mol. The molecule has 110 valence electrons. The monoisotopic (exact) mass is 289 g/mol. The summed E-state index contributed by atoms with van der Waals surface area (Å²) in [6.07, 6.45) is 0. The Labute approximate surface area is 121 Å². The van der Waals surface area contributed by atoms with Crippen molar-refractivity contribution >= 4 is 5.84 Å². The van der Waals surface area contributed by atoms with Crippen molar-refractivity contribution < 1.29 is 19.4 Å². The molecule has 0 bridgehead atoms. The molecule has 0 aliphatic rings. The number of para-hydroxylation sites is 1. The number of oxime groups is 1. The van der Waals surface area contributed by atoms with Gasteiger partial charge in [0, 0.05) is 6.07 Å². The second-order valence-corrected chi connectivity index (χ2v) is 3.94. The number of benzene rings is 1. The maximum absolute atomic E-state index is 8.68. The van der Waals surface area contributed by atoms with Crippen LogP contribution in [0.5, 0.6) is 23.1 Å². The summed E-state index contributed by atoms with van der Waals surface area (Å²) in [5.41, 5.74) is 5.80. The summed E-state index contributed by atoms with van der Waals surface area (Å²) < 4.78 is 16.2. The van der Waals surface area contributed by atoms with Gasteiger partial charge in [0.25, 0.3) is 0 Å². The average molecular weight is 289 g/mol. The third-order valence-corrected chi connectivity index (χ3v) is 2.68. The van der Waals surface area contributed by atoms with Crippen LogP contribution in [0, 0.1) is 0 Å². The van der Waals surface area contributed by atoms with Crippen LogP contribution >= 0.6 is 0 Å². The highest BCUT2D eigenvalue weighted by Gasteiger charge is 2.13. The molecule has 0 fully saturated rings. The molecule has 2 aromatic rings. The van der Waals surface area contributed by atoms with E-state index in [1.165, 1.54) is 14.2 Å². The first kappa shape index (κ1) is 14.4. The van der Waals surface area contributed by atoms with E-state index in [4.69, 9.17) is 25.2 Å². The van der Waals surface area contributed by atoms with Crippen LogP contribution in [0.3, 0.4) is 0 Å². The second-order valence-electron chi connectivity index (χ2n) is 3.94. The number of aromatic nitrogens is 1. The summed E-state index contributed by atoms with van der Waals surface area (Å²) >= 11 is 0. The van der Waals surface area contributed by atoms with E-state index in [1.807, 2.05) is 0 Å². The fourth-order valence-corrected chi connectivity index (χ4v) is 1.69. The number of nitrogens with zero attached hydrogens (tertiary/aromatic N) is 2. The van der Waals surface area contributed by atoms with E-state index < -0.39 is 0 Å². The molecule has 0 atom stereocenters. The Hall–Kier alpha value is -2.96. The van der Waals surface area contributed by atoms with Crippen LogP contribution in [0.25, 0.3) is 0 Å². The van der Waals surface area contributed by atoms with Crippen LogP contribution in [-0.4, -0.2) is 30.2 Å². The summed E-state index contributed by atoms with van der Waals surface area (Å²) in [6.45, 7) is 0. The Morgan fingerprint density at radius 1 is 1.10 bits per heavy atom. The first-order chi connectivity index (χ1) is 10.2. The number of amidine groups is 1. The summed E-state index contributed by atoms with van der Waals surface area (Å²) in [5.74, 6) is 1.57. The van der Waals surface area contributed by atoms with Gasteiger partial charge in [0.05, 0.1) is 14.2 Å². The van der Waals surface area contributed by atoms with Gasteiger partial charge in [0.1, 0.15) is 5.69 Å². The molecule has 0 amide bonds. The zero-order chi connectivity index (χ0) is 15.2. The van der Waals surface area contributed by atoms with Crippen LogP contribution in [0.2, 0.25) is 0 Å². The smallest absolute Gasteiger partial charge is 0.220 e. The minimum atomic E-state index is -0.104. The van der Waals surface area contributed by atoms with Crippen LogP contribution in [0.1, 0.15) is 5.69 Å². The van der Waals surface area contributed by atoms with Gasteiger partial charge in [-0.05, 0) is 18.2 Å². The summed E-state index contributed by atoms with van der Waals surface area (Å²) in [6, 6.07) is 10.2. The Bertz CT molecular complexity index is 636. The molecule has 1 aromatic carbocycles. The molecule has 0 aliphatic heterocycles. The van der Waals surface area contributed by atoms with Gasteiger partial charge in [-0.3, -0.25) is 0 Å². The van der Waals surface area contributed by atoms with Gasteiger partial charge in [0.15, 0.2) is 17.3 Å². The lowest BCUT2D eigenvalue weighted by Crippen LogP contribution is -2.14. The van der Waals surface area contributed by atoms with Gasteiger partial charge in [-0.2, -0.15) is 0 Å². The van der Waals surface area contributed by atoms with E-state index in [9.17, 15) is 0 Å². The second kappa shape index (κ2) is 6.47. The number of hydrogen-bond donors (Lipinski definition) is 2. The van der Waals surface area contributed by atoms with Crippen molar-refractivity contribution in [1.29, 1.82) is 0 Å². The maximum Gasteiger partial charge on any atom is 0.220 e. The lowest BCUT2D eigenvalue weighted by molar-refractivity contribution is 0.318. The zero-order valence-electron chi connectivity index (χ0n) is 11.6. The van der Waals surface area contributed by atoms with Crippen molar-refractivity contribution in [3.8, 4) is 23.1 Å². The summed E-state index contributed by atoms with van der Waals surface area (Å²) in [5, 5.41) is 11.6. The normalized spacial score (nSPS) is 11.0. The van der Waals surface area contributed by atoms with E-state index in [2.05, 4.69) is 10.1 Å². The molecule has 1 heterocycles. The Morgan fingerprint density at radius 2 is 1.71 bits per heavy atom. The predicted octanol–water partition coefficient (Wildman–Crippen LogP) is 1.99. The molecule has 3 N–H and O–H groups in total. The number of nitrogens with two attached hydrogens (primary N) is 1. The third-order valence-electron chi connectivity index (χ3n) is 2.68. The Kier molecular flexibility index (Phi) is 4.45. The van der Waals surface area contributed by atoms with Gasteiger partial charge in [-0.15, -0.1) is 0 Å². The van der Waals surface area contributed by atoms with Crippen LogP contribution in [0.15, 0.2) is 41.6 Å². The van der Waals surface area contributed by atoms with E-state index >= 15 is 0 Å². The number of hydrogen-bond acceptors (Lipinski definition) is 6. The first-order valence-electron chi connectivity index (χ1n) is 6.03. The van der Waals surface area contributed by atoms with Gasteiger partial charge in [0.2, 0.25) is 11.6 Å². The number of pyridine rings is 1. The molecule has 21 heavy (non-hydrogen) atoms. The lowest BCUT2D eigenvalue weighted by atomic mass is 10.3. The molecule has 0 saturated heterocycles. The molecule has 7 heteroatoms. The Balaban J connectivity index is 2.38. The standard InChI is InChI=1S/C14H15N3O4/c1-19-10-6-4-7-11(20-2)13(10)21-12-8-3-5-9(16-12)14(15)17-18/h3-8,18H,1-2H3,(H2,15,17). The first-order valence-corrected chi connectivity index (χ1v) is 6.03. The molecule has 0 spiro atoms. The topological polar surface area (TPSA) is 99.2 Å². The van der Waals surface area contributed by atoms with Crippen molar-refractivity contribution in [1.82, 2.24) is 4.98 Å².